The van der Waals surface area contributed by atoms with E-state index in [9.17, 15) is 5.11 Å². The molecule has 5 atom stereocenters. The van der Waals surface area contributed by atoms with Crippen molar-refractivity contribution in [2.75, 3.05) is 0 Å². The van der Waals surface area contributed by atoms with E-state index in [1.54, 1.807) is 0 Å². The molecule has 1 saturated heterocycles. The second kappa shape index (κ2) is 3.75. The zero-order valence-corrected chi connectivity index (χ0v) is 8.45. The third kappa shape index (κ3) is 1.64. The molecule has 2 nitrogen and oxygen atoms in total. The summed E-state index contributed by atoms with van der Waals surface area (Å²) in [5.41, 5.74) is 0. The number of ether oxygens (including phenoxy) is 1. The summed E-state index contributed by atoms with van der Waals surface area (Å²) in [6.07, 6.45) is 0.962. The van der Waals surface area contributed by atoms with Crippen LogP contribution >= 0.6 is 0 Å². The van der Waals surface area contributed by atoms with Gasteiger partial charge >= 0.3 is 0 Å². The van der Waals surface area contributed by atoms with Crippen LogP contribution in [0.15, 0.2) is 0 Å². The van der Waals surface area contributed by atoms with Gasteiger partial charge in [0.15, 0.2) is 0 Å². The van der Waals surface area contributed by atoms with Gasteiger partial charge in [0, 0.05) is 0 Å². The van der Waals surface area contributed by atoms with Gasteiger partial charge in [-0.2, -0.15) is 0 Å². The number of aliphatic hydroxyl groups is 1. The van der Waals surface area contributed by atoms with Crippen LogP contribution in [0.2, 0.25) is 0 Å². The average Bonchev–Trinajstić information content (AvgIpc) is 2.08. The van der Waals surface area contributed by atoms with Gasteiger partial charge in [-0.25, -0.2) is 0 Å². The lowest BCUT2D eigenvalue weighted by Crippen LogP contribution is -2.47. The number of hydrogen-bond acceptors (Lipinski definition) is 2. The number of hydrogen-bond donors (Lipinski definition) is 1. The smallest absolute Gasteiger partial charge is 0.0837 e. The molecule has 2 unspecified atom stereocenters. The second-order valence-electron chi connectivity index (χ2n) is 4.00. The molecule has 0 aromatic rings. The van der Waals surface area contributed by atoms with E-state index in [-0.39, 0.29) is 18.3 Å². The monoisotopic (exact) mass is 172 g/mol. The third-order valence-electron chi connectivity index (χ3n) is 3.28. The fourth-order valence-electron chi connectivity index (χ4n) is 1.89. The Kier molecular flexibility index (Phi) is 3.13. The fourth-order valence-corrected chi connectivity index (χ4v) is 1.89. The maximum atomic E-state index is 9.80. The van der Waals surface area contributed by atoms with Crippen molar-refractivity contribution in [2.45, 2.75) is 52.4 Å². The average molecular weight is 172 g/mol. The summed E-state index contributed by atoms with van der Waals surface area (Å²) in [5, 5.41) is 9.80. The first kappa shape index (κ1) is 10.0. The first-order valence-corrected chi connectivity index (χ1v) is 4.91. The fraction of sp³-hybridized carbons (Fsp3) is 1.00. The van der Waals surface area contributed by atoms with E-state index in [2.05, 4.69) is 27.7 Å². The maximum Gasteiger partial charge on any atom is 0.0837 e. The molecule has 0 aromatic carbocycles. The number of aliphatic hydroxyl groups excluding tert-OH is 1. The topological polar surface area (TPSA) is 29.5 Å². The van der Waals surface area contributed by atoms with Crippen LogP contribution in [-0.4, -0.2) is 23.4 Å². The first-order valence-electron chi connectivity index (χ1n) is 4.91. The lowest BCUT2D eigenvalue weighted by molar-refractivity contribution is -0.162. The van der Waals surface area contributed by atoms with Gasteiger partial charge in [-0.05, 0) is 25.2 Å². The Balaban J connectivity index is 2.63. The zero-order valence-electron chi connectivity index (χ0n) is 8.45. The van der Waals surface area contributed by atoms with Crippen LogP contribution in [-0.2, 0) is 4.74 Å². The van der Waals surface area contributed by atoms with Crippen LogP contribution in [0.4, 0.5) is 0 Å². The summed E-state index contributed by atoms with van der Waals surface area (Å²) < 4.78 is 5.68. The third-order valence-corrected chi connectivity index (χ3v) is 3.28. The minimum Gasteiger partial charge on any atom is -0.390 e. The normalized spacial score (nSPS) is 49.2. The van der Waals surface area contributed by atoms with Crippen molar-refractivity contribution in [1.82, 2.24) is 0 Å². The van der Waals surface area contributed by atoms with Crippen molar-refractivity contribution in [2.24, 2.45) is 11.8 Å². The van der Waals surface area contributed by atoms with Crippen LogP contribution in [0.5, 0.6) is 0 Å². The molecular weight excluding hydrogens is 152 g/mol. The van der Waals surface area contributed by atoms with E-state index >= 15 is 0 Å². The molecule has 0 spiro atoms. The highest BCUT2D eigenvalue weighted by atomic mass is 16.5. The molecule has 0 amide bonds. The van der Waals surface area contributed by atoms with Crippen LogP contribution in [0.25, 0.3) is 0 Å². The van der Waals surface area contributed by atoms with Crippen molar-refractivity contribution in [1.29, 1.82) is 0 Å². The summed E-state index contributed by atoms with van der Waals surface area (Å²) in [6.45, 7) is 8.40. The summed E-state index contributed by atoms with van der Waals surface area (Å²) in [5.74, 6) is 0.821. The van der Waals surface area contributed by atoms with E-state index in [0.717, 1.165) is 6.42 Å². The van der Waals surface area contributed by atoms with Gasteiger partial charge in [-0.1, -0.05) is 20.8 Å². The predicted molar refractivity (Wildman–Crippen MR) is 49.0 cm³/mol. The van der Waals surface area contributed by atoms with Gasteiger partial charge in [-0.3, -0.25) is 0 Å². The van der Waals surface area contributed by atoms with Gasteiger partial charge in [0.1, 0.15) is 0 Å². The van der Waals surface area contributed by atoms with E-state index in [4.69, 9.17) is 4.74 Å². The van der Waals surface area contributed by atoms with Crippen molar-refractivity contribution in [3.63, 3.8) is 0 Å². The molecule has 0 aromatic heterocycles. The molecule has 1 heterocycles. The standard InChI is InChI=1S/C10H20O2/c1-5-9-10(11)7(3)6(2)8(4)12-9/h6-11H,5H2,1-4H3/t6?,7?,8-,9+,10+/m1/s1. The van der Waals surface area contributed by atoms with Crippen molar-refractivity contribution < 1.29 is 9.84 Å². The summed E-state index contributed by atoms with van der Waals surface area (Å²) in [7, 11) is 0. The Morgan fingerprint density at radius 1 is 1.17 bits per heavy atom. The molecular formula is C10H20O2. The van der Waals surface area contributed by atoms with Gasteiger partial charge in [-0.15, -0.1) is 0 Å². The zero-order chi connectivity index (χ0) is 9.30. The quantitative estimate of drug-likeness (QED) is 0.653. The molecule has 1 fully saturated rings. The first-order chi connectivity index (χ1) is 5.57. The summed E-state index contributed by atoms with van der Waals surface area (Å²) in [4.78, 5) is 0. The molecule has 1 aliphatic heterocycles. The van der Waals surface area contributed by atoms with Crippen molar-refractivity contribution in [3.8, 4) is 0 Å². The van der Waals surface area contributed by atoms with Gasteiger partial charge < -0.3 is 9.84 Å². The number of rotatable bonds is 1. The molecule has 2 heteroatoms. The Morgan fingerprint density at radius 3 is 2.25 bits per heavy atom. The van der Waals surface area contributed by atoms with Gasteiger partial charge in [0.2, 0.25) is 0 Å². The van der Waals surface area contributed by atoms with Crippen LogP contribution < -0.4 is 0 Å². The SMILES string of the molecule is CC[C@@H]1O[C@H](C)C(C)C(C)[C@@H]1O. The highest BCUT2D eigenvalue weighted by molar-refractivity contribution is 4.85. The molecule has 0 bridgehead atoms. The summed E-state index contributed by atoms with van der Waals surface area (Å²) >= 11 is 0. The van der Waals surface area contributed by atoms with E-state index in [1.165, 1.54) is 0 Å². The Morgan fingerprint density at radius 2 is 1.75 bits per heavy atom. The minimum absolute atomic E-state index is 0.0474. The summed E-state index contributed by atoms with van der Waals surface area (Å²) in [6, 6.07) is 0. The van der Waals surface area contributed by atoms with E-state index in [0.29, 0.717) is 11.8 Å². The van der Waals surface area contributed by atoms with Crippen molar-refractivity contribution in [3.05, 3.63) is 0 Å². The lowest BCUT2D eigenvalue weighted by Gasteiger charge is -2.41. The highest BCUT2D eigenvalue weighted by Crippen LogP contribution is 2.31. The lowest BCUT2D eigenvalue weighted by atomic mass is 9.81. The van der Waals surface area contributed by atoms with E-state index < -0.39 is 0 Å². The maximum absolute atomic E-state index is 9.80. The van der Waals surface area contributed by atoms with Gasteiger partial charge in [0.05, 0.1) is 18.3 Å². The van der Waals surface area contributed by atoms with Crippen LogP contribution in [0.3, 0.4) is 0 Å². The largest absolute Gasteiger partial charge is 0.390 e. The molecule has 0 radical (unpaired) electrons. The Bertz CT molecular complexity index is 142. The molecule has 72 valence electrons. The van der Waals surface area contributed by atoms with Crippen LogP contribution in [0, 0.1) is 11.8 Å². The Labute approximate surface area is 74.9 Å². The molecule has 1 aliphatic rings. The van der Waals surface area contributed by atoms with E-state index in [1.807, 2.05) is 0 Å². The molecule has 0 aliphatic carbocycles. The van der Waals surface area contributed by atoms with Gasteiger partial charge in [0.25, 0.3) is 0 Å². The molecule has 0 saturated carbocycles. The molecule has 1 N–H and O–H groups in total. The molecule has 12 heavy (non-hydrogen) atoms. The predicted octanol–water partition coefficient (Wildman–Crippen LogP) is 1.82. The minimum atomic E-state index is -0.277. The highest BCUT2D eigenvalue weighted by Gasteiger charge is 2.37. The second-order valence-corrected chi connectivity index (χ2v) is 4.00. The Hall–Kier alpha value is -0.0800. The molecule has 1 rings (SSSR count). The van der Waals surface area contributed by atoms with Crippen LogP contribution in [0.1, 0.15) is 34.1 Å². The van der Waals surface area contributed by atoms with Crippen molar-refractivity contribution >= 4 is 0 Å².